The van der Waals surface area contributed by atoms with Gasteiger partial charge in [-0.3, -0.25) is 0 Å². The van der Waals surface area contributed by atoms with E-state index in [4.69, 9.17) is 14.2 Å². The van der Waals surface area contributed by atoms with Gasteiger partial charge in [-0.1, -0.05) is 0 Å². The third-order valence-corrected chi connectivity index (χ3v) is 4.01. The summed E-state index contributed by atoms with van der Waals surface area (Å²) in [6.45, 7) is 8.96. The van der Waals surface area contributed by atoms with E-state index in [-0.39, 0.29) is 23.8 Å². The van der Waals surface area contributed by atoms with Crippen LogP contribution in [-0.2, 0) is 14.2 Å². The Hall–Kier alpha value is -0.810. The van der Waals surface area contributed by atoms with Gasteiger partial charge >= 0.3 is 6.09 Å². The molecule has 0 aromatic carbocycles. The van der Waals surface area contributed by atoms with Gasteiger partial charge in [0, 0.05) is 26.5 Å². The molecule has 2 fully saturated rings. The first kappa shape index (κ1) is 14.6. The Morgan fingerprint density at radius 1 is 1.42 bits per heavy atom. The molecule has 0 radical (unpaired) electrons. The van der Waals surface area contributed by atoms with Gasteiger partial charge in [-0.15, -0.1) is 0 Å². The molecule has 5 nitrogen and oxygen atoms in total. The molecule has 2 rings (SSSR count). The van der Waals surface area contributed by atoms with Crippen molar-refractivity contribution in [2.45, 2.75) is 63.9 Å². The molecule has 2 aliphatic heterocycles. The molecule has 2 heterocycles. The van der Waals surface area contributed by atoms with Crippen molar-refractivity contribution >= 4 is 6.09 Å². The molecule has 110 valence electrons. The SMILES string of the molecule is C[C@@H]1OCC[C@@]12C[C@@H](N(C)C(=O)OC(C)(C)C)CO2. The lowest BCUT2D eigenvalue weighted by molar-refractivity contribution is -0.0474. The molecule has 2 saturated heterocycles. The van der Waals surface area contributed by atoms with Gasteiger partial charge in [0.1, 0.15) is 5.60 Å². The highest BCUT2D eigenvalue weighted by atomic mass is 16.6. The zero-order valence-electron chi connectivity index (χ0n) is 12.6. The number of nitrogens with zero attached hydrogens (tertiary/aromatic N) is 1. The molecular formula is C14H25NO4. The lowest BCUT2D eigenvalue weighted by Gasteiger charge is -2.29. The van der Waals surface area contributed by atoms with Crippen molar-refractivity contribution in [3.63, 3.8) is 0 Å². The van der Waals surface area contributed by atoms with Crippen LogP contribution in [0, 0.1) is 0 Å². The van der Waals surface area contributed by atoms with E-state index < -0.39 is 5.60 Å². The van der Waals surface area contributed by atoms with E-state index in [2.05, 4.69) is 0 Å². The maximum absolute atomic E-state index is 12.0. The number of carbonyl (C=O) groups is 1. The molecule has 0 N–H and O–H groups in total. The molecule has 1 spiro atoms. The van der Waals surface area contributed by atoms with E-state index in [1.807, 2.05) is 27.7 Å². The normalized spacial score (nSPS) is 34.8. The maximum atomic E-state index is 12.0. The summed E-state index contributed by atoms with van der Waals surface area (Å²) in [4.78, 5) is 13.7. The minimum atomic E-state index is -0.466. The van der Waals surface area contributed by atoms with E-state index in [1.54, 1.807) is 11.9 Å². The van der Waals surface area contributed by atoms with Crippen molar-refractivity contribution in [1.82, 2.24) is 4.90 Å². The number of ether oxygens (including phenoxy) is 3. The molecule has 0 aromatic rings. The molecule has 0 aliphatic carbocycles. The molecule has 0 aromatic heterocycles. The molecule has 0 bridgehead atoms. The third-order valence-electron chi connectivity index (χ3n) is 4.01. The van der Waals surface area contributed by atoms with Crippen molar-refractivity contribution < 1.29 is 19.0 Å². The predicted octanol–water partition coefficient (Wildman–Crippen LogP) is 2.19. The topological polar surface area (TPSA) is 48.0 Å². The van der Waals surface area contributed by atoms with Gasteiger partial charge in [0.2, 0.25) is 0 Å². The highest BCUT2D eigenvalue weighted by Crippen LogP contribution is 2.39. The Bertz CT molecular complexity index is 352. The molecule has 5 heteroatoms. The van der Waals surface area contributed by atoms with Gasteiger partial charge in [-0.2, -0.15) is 0 Å². The predicted molar refractivity (Wildman–Crippen MR) is 71.1 cm³/mol. The van der Waals surface area contributed by atoms with E-state index >= 15 is 0 Å². The fourth-order valence-corrected chi connectivity index (χ4v) is 2.73. The highest BCUT2D eigenvalue weighted by molar-refractivity contribution is 5.68. The molecule has 2 aliphatic rings. The first-order chi connectivity index (χ1) is 8.73. The average molecular weight is 271 g/mol. The Morgan fingerprint density at radius 2 is 2.11 bits per heavy atom. The third kappa shape index (κ3) is 3.03. The van der Waals surface area contributed by atoms with Crippen LogP contribution in [0.25, 0.3) is 0 Å². The van der Waals surface area contributed by atoms with Gasteiger partial charge in [0.15, 0.2) is 0 Å². The standard InChI is InChI=1S/C14H25NO4/c1-10-14(6-7-17-10)8-11(9-18-14)15(5)12(16)19-13(2,3)4/h10-11H,6-9H2,1-5H3/t10-,11+,14+/m0/s1. The first-order valence-electron chi connectivity index (χ1n) is 6.95. The number of likely N-dealkylation sites (N-methyl/N-ethyl adjacent to an activating group) is 1. The van der Waals surface area contributed by atoms with Crippen molar-refractivity contribution in [3.05, 3.63) is 0 Å². The summed E-state index contributed by atoms with van der Waals surface area (Å²) in [5.41, 5.74) is -0.673. The summed E-state index contributed by atoms with van der Waals surface area (Å²) >= 11 is 0. The van der Waals surface area contributed by atoms with Gasteiger partial charge < -0.3 is 19.1 Å². The number of amides is 1. The van der Waals surface area contributed by atoms with Gasteiger partial charge in [-0.05, 0) is 27.7 Å². The van der Waals surface area contributed by atoms with Gasteiger partial charge in [0.05, 0.1) is 24.4 Å². The second kappa shape index (κ2) is 4.94. The highest BCUT2D eigenvalue weighted by Gasteiger charge is 2.50. The fourth-order valence-electron chi connectivity index (χ4n) is 2.73. The van der Waals surface area contributed by atoms with E-state index in [0.29, 0.717) is 6.61 Å². The molecule has 1 amide bonds. The van der Waals surface area contributed by atoms with Crippen LogP contribution in [0.2, 0.25) is 0 Å². The summed E-state index contributed by atoms with van der Waals surface area (Å²) < 4.78 is 16.9. The van der Waals surface area contributed by atoms with E-state index in [9.17, 15) is 4.79 Å². The van der Waals surface area contributed by atoms with Crippen molar-refractivity contribution in [2.75, 3.05) is 20.3 Å². The number of carbonyl (C=O) groups excluding carboxylic acids is 1. The number of hydrogen-bond acceptors (Lipinski definition) is 4. The minimum absolute atomic E-state index is 0.0685. The van der Waals surface area contributed by atoms with Crippen LogP contribution in [0.15, 0.2) is 0 Å². The van der Waals surface area contributed by atoms with Gasteiger partial charge in [0.25, 0.3) is 0 Å². The van der Waals surface area contributed by atoms with E-state index in [0.717, 1.165) is 19.4 Å². The summed E-state index contributed by atoms with van der Waals surface area (Å²) in [5, 5.41) is 0. The van der Waals surface area contributed by atoms with Crippen molar-refractivity contribution in [3.8, 4) is 0 Å². The molecular weight excluding hydrogens is 246 g/mol. The largest absolute Gasteiger partial charge is 0.444 e. The van der Waals surface area contributed by atoms with Crippen LogP contribution in [0.3, 0.4) is 0 Å². The van der Waals surface area contributed by atoms with Crippen molar-refractivity contribution in [2.24, 2.45) is 0 Å². The van der Waals surface area contributed by atoms with Crippen LogP contribution in [0.5, 0.6) is 0 Å². The van der Waals surface area contributed by atoms with Crippen LogP contribution in [0.4, 0.5) is 4.79 Å². The van der Waals surface area contributed by atoms with Crippen LogP contribution >= 0.6 is 0 Å². The fraction of sp³-hybridized carbons (Fsp3) is 0.929. The molecule has 3 atom stereocenters. The monoisotopic (exact) mass is 271 g/mol. The Kier molecular flexibility index (Phi) is 3.80. The minimum Gasteiger partial charge on any atom is -0.444 e. The Labute approximate surface area is 115 Å². The lowest BCUT2D eigenvalue weighted by Crippen LogP contribution is -2.42. The van der Waals surface area contributed by atoms with E-state index in [1.165, 1.54) is 0 Å². The first-order valence-corrected chi connectivity index (χ1v) is 6.95. The zero-order chi connectivity index (χ0) is 14.3. The summed E-state index contributed by atoms with van der Waals surface area (Å²) in [6.07, 6.45) is 1.55. The average Bonchev–Trinajstić information content (AvgIpc) is 2.85. The zero-order valence-corrected chi connectivity index (χ0v) is 12.6. The summed E-state index contributed by atoms with van der Waals surface area (Å²) in [7, 11) is 1.78. The van der Waals surface area contributed by atoms with Crippen LogP contribution in [-0.4, -0.2) is 54.6 Å². The molecule has 19 heavy (non-hydrogen) atoms. The smallest absolute Gasteiger partial charge is 0.410 e. The number of rotatable bonds is 1. The van der Waals surface area contributed by atoms with Crippen LogP contribution < -0.4 is 0 Å². The maximum Gasteiger partial charge on any atom is 0.410 e. The second-order valence-corrected chi connectivity index (χ2v) is 6.59. The second-order valence-electron chi connectivity index (χ2n) is 6.59. The Morgan fingerprint density at radius 3 is 2.63 bits per heavy atom. The molecule has 0 unspecified atom stereocenters. The quantitative estimate of drug-likeness (QED) is 0.733. The molecule has 0 saturated carbocycles. The summed E-state index contributed by atoms with van der Waals surface area (Å²) in [6, 6.07) is 0.0685. The van der Waals surface area contributed by atoms with Gasteiger partial charge in [-0.25, -0.2) is 4.79 Å². The number of hydrogen-bond donors (Lipinski definition) is 0. The van der Waals surface area contributed by atoms with Crippen molar-refractivity contribution in [1.29, 1.82) is 0 Å². The lowest BCUT2D eigenvalue weighted by atomic mass is 9.91. The Balaban J connectivity index is 1.95. The van der Waals surface area contributed by atoms with Crippen LogP contribution in [0.1, 0.15) is 40.5 Å². The summed E-state index contributed by atoms with van der Waals surface area (Å²) in [5.74, 6) is 0.